The van der Waals surface area contributed by atoms with E-state index in [0.29, 0.717) is 22.2 Å². The van der Waals surface area contributed by atoms with Crippen LogP contribution in [0.2, 0.25) is 10.0 Å². The van der Waals surface area contributed by atoms with Gasteiger partial charge in [-0.05, 0) is 25.1 Å². The molecule has 0 saturated heterocycles. The van der Waals surface area contributed by atoms with E-state index in [0.717, 1.165) is 0 Å². The molecule has 0 aromatic heterocycles. The second-order valence-electron chi connectivity index (χ2n) is 5.00. The molecule has 120 valence electrons. The number of carboxylic acid groups (broad SMARTS) is 1. The fourth-order valence-electron chi connectivity index (χ4n) is 2.11. The minimum absolute atomic E-state index is 0.0280. The molecule has 1 atom stereocenters. The second kappa shape index (κ2) is 7.99. The summed E-state index contributed by atoms with van der Waals surface area (Å²) in [6.45, 7) is 1.89. The highest BCUT2D eigenvalue weighted by Crippen LogP contribution is 2.33. The summed E-state index contributed by atoms with van der Waals surface area (Å²) in [4.78, 5) is 10.9. The number of hydrazone groups is 1. The van der Waals surface area contributed by atoms with E-state index in [4.69, 9.17) is 28.3 Å². The second-order valence-corrected chi connectivity index (χ2v) is 5.84. The van der Waals surface area contributed by atoms with Gasteiger partial charge in [-0.3, -0.25) is 5.01 Å². The first-order valence-electron chi connectivity index (χ1n) is 7.04. The van der Waals surface area contributed by atoms with E-state index in [-0.39, 0.29) is 11.8 Å². The average Bonchev–Trinajstić information content (AvgIpc) is 2.92. The van der Waals surface area contributed by atoms with Gasteiger partial charge in [0.15, 0.2) is 0 Å². The molecule has 1 N–H and O–H groups in total. The summed E-state index contributed by atoms with van der Waals surface area (Å²) in [7, 11) is 0. The minimum Gasteiger partial charge on any atom is -0.477 e. The zero-order valence-electron chi connectivity index (χ0n) is 12.5. The van der Waals surface area contributed by atoms with Crippen LogP contribution < -0.4 is 5.01 Å². The van der Waals surface area contributed by atoms with E-state index in [9.17, 15) is 4.79 Å². The standard InChI is InChI=1S/C11H10Cl2N2O2.C6H6/c1-6-4-9(11(16)17)14-15(6)10-3-2-7(12)5-8(10)13;1-2-4-6-5-3-1/h2-3,5-6H,4H2,1H3,(H,16,17);1-6H. The Kier molecular flexibility index (Phi) is 6.02. The fourth-order valence-corrected chi connectivity index (χ4v) is 2.60. The van der Waals surface area contributed by atoms with Gasteiger partial charge in [0.25, 0.3) is 0 Å². The monoisotopic (exact) mass is 350 g/mol. The van der Waals surface area contributed by atoms with Crippen molar-refractivity contribution in [3.05, 3.63) is 64.6 Å². The average molecular weight is 351 g/mol. The number of nitrogens with zero attached hydrogens (tertiary/aromatic N) is 2. The molecule has 1 aliphatic heterocycles. The summed E-state index contributed by atoms with van der Waals surface area (Å²) in [5, 5.41) is 15.6. The molecule has 3 rings (SSSR count). The zero-order chi connectivity index (χ0) is 16.8. The van der Waals surface area contributed by atoms with Gasteiger partial charge in [0.05, 0.1) is 16.8 Å². The Hall–Kier alpha value is -2.04. The zero-order valence-corrected chi connectivity index (χ0v) is 14.0. The van der Waals surface area contributed by atoms with Crippen molar-refractivity contribution >= 4 is 40.6 Å². The Morgan fingerprint density at radius 1 is 1.17 bits per heavy atom. The predicted molar refractivity (Wildman–Crippen MR) is 94.5 cm³/mol. The van der Waals surface area contributed by atoms with Crippen LogP contribution in [0.25, 0.3) is 0 Å². The van der Waals surface area contributed by atoms with E-state index in [1.54, 1.807) is 23.2 Å². The van der Waals surface area contributed by atoms with E-state index >= 15 is 0 Å². The molecule has 6 heteroatoms. The number of carboxylic acids is 1. The summed E-state index contributed by atoms with van der Waals surface area (Å²) in [6.07, 6.45) is 0.397. The SMILES string of the molecule is CC1CC(C(=O)O)=NN1c1ccc(Cl)cc1Cl.c1ccccc1. The lowest BCUT2D eigenvalue weighted by Crippen LogP contribution is -2.23. The first-order valence-corrected chi connectivity index (χ1v) is 7.79. The Morgan fingerprint density at radius 2 is 1.74 bits per heavy atom. The molecule has 0 saturated carbocycles. The molecule has 23 heavy (non-hydrogen) atoms. The van der Waals surface area contributed by atoms with E-state index in [2.05, 4.69) is 5.10 Å². The van der Waals surface area contributed by atoms with Crippen LogP contribution in [-0.2, 0) is 4.79 Å². The number of anilines is 1. The molecule has 1 unspecified atom stereocenters. The summed E-state index contributed by atoms with van der Waals surface area (Å²) in [5.41, 5.74) is 0.809. The van der Waals surface area contributed by atoms with Crippen LogP contribution in [0.4, 0.5) is 5.69 Å². The van der Waals surface area contributed by atoms with Gasteiger partial charge in [-0.15, -0.1) is 0 Å². The Labute approximate surface area is 145 Å². The van der Waals surface area contributed by atoms with Crippen molar-refractivity contribution in [1.82, 2.24) is 0 Å². The Bertz CT molecular complexity index is 678. The largest absolute Gasteiger partial charge is 0.477 e. The first kappa shape index (κ1) is 17.3. The van der Waals surface area contributed by atoms with Crippen LogP contribution in [0.1, 0.15) is 13.3 Å². The third-order valence-electron chi connectivity index (χ3n) is 3.20. The molecule has 0 amide bonds. The number of hydrogen-bond acceptors (Lipinski definition) is 3. The molecule has 0 aliphatic carbocycles. The van der Waals surface area contributed by atoms with Crippen LogP contribution in [0.15, 0.2) is 59.7 Å². The molecule has 0 bridgehead atoms. The summed E-state index contributed by atoms with van der Waals surface area (Å²) < 4.78 is 0. The van der Waals surface area contributed by atoms with Gasteiger partial charge in [-0.1, -0.05) is 59.6 Å². The van der Waals surface area contributed by atoms with Crippen molar-refractivity contribution in [2.24, 2.45) is 5.10 Å². The maximum Gasteiger partial charge on any atom is 0.352 e. The molecular weight excluding hydrogens is 335 g/mol. The van der Waals surface area contributed by atoms with E-state index in [1.807, 2.05) is 43.3 Å². The van der Waals surface area contributed by atoms with Gasteiger partial charge in [0.2, 0.25) is 0 Å². The van der Waals surface area contributed by atoms with Crippen molar-refractivity contribution in [2.45, 2.75) is 19.4 Å². The number of hydrogen-bond donors (Lipinski definition) is 1. The molecular formula is C17H16Cl2N2O2. The molecule has 0 spiro atoms. The molecule has 2 aromatic carbocycles. The molecule has 0 fully saturated rings. The van der Waals surface area contributed by atoms with Crippen molar-refractivity contribution in [3.63, 3.8) is 0 Å². The number of carbonyl (C=O) groups is 1. The maximum atomic E-state index is 10.9. The van der Waals surface area contributed by atoms with Crippen LogP contribution in [-0.4, -0.2) is 22.8 Å². The highest BCUT2D eigenvalue weighted by molar-refractivity contribution is 6.38. The van der Waals surface area contributed by atoms with Crippen LogP contribution in [0.3, 0.4) is 0 Å². The predicted octanol–water partition coefficient (Wildman–Crippen LogP) is 4.72. The van der Waals surface area contributed by atoms with Gasteiger partial charge in [-0.2, -0.15) is 5.10 Å². The number of benzene rings is 2. The van der Waals surface area contributed by atoms with Gasteiger partial charge in [0.1, 0.15) is 5.71 Å². The molecule has 1 aliphatic rings. The van der Waals surface area contributed by atoms with Crippen molar-refractivity contribution in [1.29, 1.82) is 0 Å². The fraction of sp³-hybridized carbons (Fsp3) is 0.176. The normalized spacial score (nSPS) is 16.4. The molecule has 4 nitrogen and oxygen atoms in total. The lowest BCUT2D eigenvalue weighted by molar-refractivity contribution is -0.129. The van der Waals surface area contributed by atoms with Gasteiger partial charge >= 0.3 is 5.97 Å². The highest BCUT2D eigenvalue weighted by atomic mass is 35.5. The topological polar surface area (TPSA) is 52.9 Å². The number of halogens is 2. The lowest BCUT2D eigenvalue weighted by atomic mass is 10.1. The van der Waals surface area contributed by atoms with Gasteiger partial charge in [0, 0.05) is 11.4 Å². The number of rotatable bonds is 2. The van der Waals surface area contributed by atoms with Crippen molar-refractivity contribution < 1.29 is 9.90 Å². The lowest BCUT2D eigenvalue weighted by Gasteiger charge is -2.21. The smallest absolute Gasteiger partial charge is 0.352 e. The van der Waals surface area contributed by atoms with E-state index in [1.165, 1.54) is 0 Å². The van der Waals surface area contributed by atoms with Crippen LogP contribution in [0, 0.1) is 0 Å². The van der Waals surface area contributed by atoms with Gasteiger partial charge in [-0.25, -0.2) is 4.79 Å². The quantitative estimate of drug-likeness (QED) is 0.852. The maximum absolute atomic E-state index is 10.9. The highest BCUT2D eigenvalue weighted by Gasteiger charge is 2.28. The minimum atomic E-state index is -0.996. The summed E-state index contributed by atoms with van der Waals surface area (Å²) in [6, 6.07) is 17.0. The van der Waals surface area contributed by atoms with Crippen LogP contribution in [0.5, 0.6) is 0 Å². The Balaban J connectivity index is 0.000000268. The molecule has 2 aromatic rings. The summed E-state index contributed by atoms with van der Waals surface area (Å²) in [5.74, 6) is -0.996. The Morgan fingerprint density at radius 3 is 2.17 bits per heavy atom. The summed E-state index contributed by atoms with van der Waals surface area (Å²) >= 11 is 11.9. The van der Waals surface area contributed by atoms with Gasteiger partial charge < -0.3 is 5.11 Å². The third-order valence-corrected chi connectivity index (χ3v) is 3.74. The molecule has 1 heterocycles. The van der Waals surface area contributed by atoms with Crippen molar-refractivity contribution in [3.8, 4) is 0 Å². The molecule has 0 radical (unpaired) electrons. The third kappa shape index (κ3) is 4.71. The van der Waals surface area contributed by atoms with Crippen LogP contribution >= 0.6 is 23.2 Å². The van der Waals surface area contributed by atoms with E-state index < -0.39 is 5.97 Å². The number of aliphatic carboxylic acids is 1. The van der Waals surface area contributed by atoms with Crippen molar-refractivity contribution in [2.75, 3.05) is 5.01 Å². The first-order chi connectivity index (χ1) is 11.0.